The normalized spacial score (nSPS) is 15.1. The number of fused-ring (bicyclic) bond motifs is 1. The van der Waals surface area contributed by atoms with Crippen LogP contribution in [0.2, 0.25) is 0 Å². The fraction of sp³-hybridized carbons (Fsp3) is 0.444. The topological polar surface area (TPSA) is 56.4 Å². The molecule has 2 aromatic rings. The van der Waals surface area contributed by atoms with Crippen molar-refractivity contribution in [2.24, 2.45) is 0 Å². The van der Waals surface area contributed by atoms with Gasteiger partial charge in [0.1, 0.15) is 0 Å². The van der Waals surface area contributed by atoms with E-state index in [9.17, 15) is 22.8 Å². The molecule has 5 nitrogen and oxygen atoms in total. The number of aromatic amines is 1. The van der Waals surface area contributed by atoms with E-state index in [1.165, 1.54) is 5.01 Å². The molecule has 1 N–H and O–H groups in total. The fourth-order valence-electron chi connectivity index (χ4n) is 3.31. The smallest absolute Gasteiger partial charge is 0.358 e. The number of hydrazine groups is 1. The summed E-state index contributed by atoms with van der Waals surface area (Å²) in [4.78, 5) is 28.1. The van der Waals surface area contributed by atoms with Crippen LogP contribution in [0.1, 0.15) is 30.5 Å². The van der Waals surface area contributed by atoms with Gasteiger partial charge in [0, 0.05) is 36.1 Å². The number of para-hydroxylation sites is 1. The number of benzene rings is 1. The molecule has 0 saturated carbocycles. The molecule has 1 aliphatic heterocycles. The average molecular weight is 367 g/mol. The monoisotopic (exact) mass is 367 g/mol. The maximum absolute atomic E-state index is 12.7. The summed E-state index contributed by atoms with van der Waals surface area (Å²) in [6.45, 7) is 2.49. The van der Waals surface area contributed by atoms with E-state index in [4.69, 9.17) is 0 Å². The first kappa shape index (κ1) is 18.3. The van der Waals surface area contributed by atoms with Crippen molar-refractivity contribution >= 4 is 22.7 Å². The molecule has 1 aromatic heterocycles. The van der Waals surface area contributed by atoms with Crippen LogP contribution < -0.4 is 0 Å². The summed E-state index contributed by atoms with van der Waals surface area (Å²) >= 11 is 0. The largest absolute Gasteiger partial charge is 0.389 e. The lowest BCUT2D eigenvalue weighted by Gasteiger charge is -2.28. The van der Waals surface area contributed by atoms with Crippen LogP contribution in [0.15, 0.2) is 24.3 Å². The summed E-state index contributed by atoms with van der Waals surface area (Å²) in [5.41, 5.74) is 2.64. The Balaban J connectivity index is 1.72. The van der Waals surface area contributed by atoms with E-state index < -0.39 is 24.9 Å². The summed E-state index contributed by atoms with van der Waals surface area (Å²) in [6, 6.07) is 7.61. The third kappa shape index (κ3) is 3.84. The summed E-state index contributed by atoms with van der Waals surface area (Å²) in [5, 5.41) is 3.39. The number of nitrogens with one attached hydrogen (secondary N) is 1. The predicted octanol–water partition coefficient (Wildman–Crippen LogP) is 3.34. The number of halogens is 3. The first-order chi connectivity index (χ1) is 12.3. The van der Waals surface area contributed by atoms with E-state index >= 15 is 0 Å². The van der Waals surface area contributed by atoms with Gasteiger partial charge < -0.3 is 4.98 Å². The predicted molar refractivity (Wildman–Crippen MR) is 90.1 cm³/mol. The molecule has 1 aromatic carbocycles. The van der Waals surface area contributed by atoms with E-state index in [0.717, 1.165) is 27.2 Å². The van der Waals surface area contributed by atoms with E-state index in [0.29, 0.717) is 13.0 Å². The highest BCUT2D eigenvalue weighted by Crippen LogP contribution is 2.25. The second-order valence-corrected chi connectivity index (χ2v) is 6.45. The van der Waals surface area contributed by atoms with Gasteiger partial charge in [-0.05, 0) is 25.0 Å². The number of H-pyrrole nitrogens is 1. The molecular weight excluding hydrogens is 347 g/mol. The number of amides is 2. The van der Waals surface area contributed by atoms with Gasteiger partial charge >= 0.3 is 6.18 Å². The molecule has 0 aliphatic carbocycles. The lowest BCUT2D eigenvalue weighted by atomic mass is 10.1. The maximum Gasteiger partial charge on any atom is 0.389 e. The van der Waals surface area contributed by atoms with Crippen LogP contribution in [0.5, 0.6) is 0 Å². The van der Waals surface area contributed by atoms with Gasteiger partial charge in [-0.15, -0.1) is 0 Å². The highest BCUT2D eigenvalue weighted by molar-refractivity contribution is 5.91. The number of hydrogen-bond donors (Lipinski definition) is 1. The van der Waals surface area contributed by atoms with Crippen LogP contribution in [0.25, 0.3) is 10.9 Å². The number of carbonyl (C=O) groups excluding carboxylic acids is 2. The van der Waals surface area contributed by atoms with E-state index in [1.54, 1.807) is 0 Å². The first-order valence-corrected chi connectivity index (χ1v) is 8.50. The molecule has 0 spiro atoms. The Hall–Kier alpha value is -2.51. The second-order valence-electron chi connectivity index (χ2n) is 6.45. The van der Waals surface area contributed by atoms with Crippen molar-refractivity contribution < 1.29 is 22.8 Å². The number of aromatic nitrogens is 1. The second kappa shape index (κ2) is 7.01. The molecule has 1 aliphatic rings. The Morgan fingerprint density at radius 1 is 1.12 bits per heavy atom. The molecule has 2 heterocycles. The van der Waals surface area contributed by atoms with Crippen molar-refractivity contribution in [1.82, 2.24) is 15.0 Å². The fourth-order valence-corrected chi connectivity index (χ4v) is 3.31. The maximum atomic E-state index is 12.7. The lowest BCUT2D eigenvalue weighted by Crippen LogP contribution is -2.45. The highest BCUT2D eigenvalue weighted by Gasteiger charge is 2.34. The molecule has 26 heavy (non-hydrogen) atoms. The minimum Gasteiger partial charge on any atom is -0.358 e. The zero-order valence-electron chi connectivity index (χ0n) is 14.4. The third-order valence-corrected chi connectivity index (χ3v) is 4.58. The molecule has 0 unspecified atom stereocenters. The zero-order chi connectivity index (χ0) is 18.9. The Morgan fingerprint density at radius 2 is 1.77 bits per heavy atom. The molecule has 8 heteroatoms. The van der Waals surface area contributed by atoms with Crippen molar-refractivity contribution in [1.29, 1.82) is 0 Å². The minimum absolute atomic E-state index is 0.0961. The van der Waals surface area contributed by atoms with Crippen LogP contribution in [-0.2, 0) is 16.0 Å². The summed E-state index contributed by atoms with van der Waals surface area (Å²) in [5.74, 6) is -0.945. The Labute approximate surface area is 148 Å². The van der Waals surface area contributed by atoms with Crippen LogP contribution >= 0.6 is 0 Å². The van der Waals surface area contributed by atoms with Crippen molar-refractivity contribution in [3.8, 4) is 0 Å². The Morgan fingerprint density at radius 3 is 2.46 bits per heavy atom. The Bertz CT molecular complexity index is 829. The highest BCUT2D eigenvalue weighted by atomic mass is 19.4. The van der Waals surface area contributed by atoms with Crippen molar-refractivity contribution in [2.45, 2.75) is 38.8 Å². The van der Waals surface area contributed by atoms with Crippen LogP contribution in [0, 0.1) is 6.92 Å². The summed E-state index contributed by atoms with van der Waals surface area (Å²) in [7, 11) is 0. The number of aryl methyl sites for hydroxylation is 1. The van der Waals surface area contributed by atoms with Crippen molar-refractivity contribution in [3.05, 3.63) is 35.5 Å². The number of alkyl halides is 3. The number of hydrogen-bond acceptors (Lipinski definition) is 2. The Kier molecular flexibility index (Phi) is 4.93. The van der Waals surface area contributed by atoms with Crippen molar-refractivity contribution in [2.75, 3.05) is 13.1 Å². The number of carbonyl (C=O) groups is 2. The molecule has 1 saturated heterocycles. The zero-order valence-corrected chi connectivity index (χ0v) is 14.4. The van der Waals surface area contributed by atoms with Crippen molar-refractivity contribution in [3.63, 3.8) is 0 Å². The van der Waals surface area contributed by atoms with E-state index in [-0.39, 0.29) is 18.9 Å². The van der Waals surface area contributed by atoms with Gasteiger partial charge in [0.25, 0.3) is 0 Å². The first-order valence-electron chi connectivity index (χ1n) is 8.50. The molecular formula is C18H20F3N3O2. The SMILES string of the molecule is Cc1[nH]c2ccccc2c1CC(=O)N1CCCN1C(=O)CCC(F)(F)F. The quantitative estimate of drug-likeness (QED) is 0.901. The molecule has 0 bridgehead atoms. The molecule has 1 fully saturated rings. The van der Waals surface area contributed by atoms with E-state index in [1.807, 2.05) is 31.2 Å². The number of nitrogens with zero attached hydrogens (tertiary/aromatic N) is 2. The van der Waals surface area contributed by atoms with Gasteiger partial charge in [-0.3, -0.25) is 19.6 Å². The van der Waals surface area contributed by atoms with E-state index in [2.05, 4.69) is 4.98 Å². The average Bonchev–Trinajstić information content (AvgIpc) is 3.17. The van der Waals surface area contributed by atoms with Gasteiger partial charge in [0.15, 0.2) is 0 Å². The lowest BCUT2D eigenvalue weighted by molar-refractivity contribution is -0.163. The van der Waals surface area contributed by atoms with Gasteiger partial charge in [0.2, 0.25) is 11.8 Å². The molecule has 0 radical (unpaired) electrons. The third-order valence-electron chi connectivity index (χ3n) is 4.58. The van der Waals surface area contributed by atoms with Crippen LogP contribution in [0.4, 0.5) is 13.2 Å². The minimum atomic E-state index is -4.38. The number of rotatable bonds is 4. The van der Waals surface area contributed by atoms with Crippen LogP contribution in [-0.4, -0.2) is 46.1 Å². The van der Waals surface area contributed by atoms with Gasteiger partial charge in [0.05, 0.1) is 12.8 Å². The standard InChI is InChI=1S/C18H20F3N3O2/c1-12-14(13-5-2-3-6-15(13)22-12)11-17(26)24-10-4-9-23(24)16(25)7-8-18(19,20)21/h2-3,5-6,22H,4,7-11H2,1H3. The molecule has 3 rings (SSSR count). The molecule has 140 valence electrons. The summed E-state index contributed by atoms with van der Waals surface area (Å²) in [6.07, 6.45) is -5.54. The van der Waals surface area contributed by atoms with Gasteiger partial charge in [-0.25, -0.2) is 0 Å². The molecule has 2 amide bonds. The molecule has 0 atom stereocenters. The van der Waals surface area contributed by atoms with Gasteiger partial charge in [-0.1, -0.05) is 18.2 Å². The van der Waals surface area contributed by atoms with Gasteiger partial charge in [-0.2, -0.15) is 13.2 Å². The summed E-state index contributed by atoms with van der Waals surface area (Å²) < 4.78 is 37.0. The van der Waals surface area contributed by atoms with Crippen LogP contribution in [0.3, 0.4) is 0 Å².